The highest BCUT2D eigenvalue weighted by Gasteiger charge is 2.22. The summed E-state index contributed by atoms with van der Waals surface area (Å²) >= 11 is 0. The lowest BCUT2D eigenvalue weighted by Crippen LogP contribution is -2.52. The number of nitrogens with one attached hydrogen (secondary N) is 1. The van der Waals surface area contributed by atoms with Crippen molar-refractivity contribution in [3.8, 4) is 5.75 Å². The predicted octanol–water partition coefficient (Wildman–Crippen LogP) is 3.60. The van der Waals surface area contributed by atoms with Gasteiger partial charge in [-0.1, -0.05) is 24.3 Å². The average Bonchev–Trinajstić information content (AvgIpc) is 2.68. The van der Waals surface area contributed by atoms with Gasteiger partial charge in [0.05, 0.1) is 13.2 Å². The highest BCUT2D eigenvalue weighted by molar-refractivity contribution is 5.75. The molecule has 138 valence electrons. The number of hydrogen-bond acceptors (Lipinski definition) is 3. The van der Waals surface area contributed by atoms with Crippen LogP contribution in [0.3, 0.4) is 0 Å². The van der Waals surface area contributed by atoms with Crippen LogP contribution in [0.5, 0.6) is 5.75 Å². The fraction of sp³-hybridized carbons (Fsp3) is 0.381. The van der Waals surface area contributed by atoms with E-state index in [1.54, 1.807) is 7.11 Å². The normalized spacial score (nSPS) is 15.5. The molecule has 0 radical (unpaired) electrons. The van der Waals surface area contributed by atoms with Crippen LogP contribution in [0.2, 0.25) is 0 Å². The number of rotatable bonds is 4. The molecule has 1 fully saturated rings. The first-order valence-corrected chi connectivity index (χ1v) is 9.08. The number of urea groups is 1. The number of aryl methyl sites for hydroxylation is 1. The number of anilines is 1. The van der Waals surface area contributed by atoms with Gasteiger partial charge in [0, 0.05) is 31.9 Å². The number of nitrogens with zero attached hydrogens (tertiary/aromatic N) is 2. The zero-order chi connectivity index (χ0) is 18.5. The van der Waals surface area contributed by atoms with Crippen LogP contribution in [-0.2, 0) is 0 Å². The Morgan fingerprint density at radius 1 is 1.04 bits per heavy atom. The van der Waals surface area contributed by atoms with E-state index in [4.69, 9.17) is 4.74 Å². The number of carbonyl (C=O) groups is 1. The lowest BCUT2D eigenvalue weighted by Gasteiger charge is -2.36. The largest absolute Gasteiger partial charge is 0.497 e. The summed E-state index contributed by atoms with van der Waals surface area (Å²) in [6.45, 7) is 7.22. The van der Waals surface area contributed by atoms with E-state index in [1.165, 1.54) is 11.3 Å². The van der Waals surface area contributed by atoms with Crippen LogP contribution >= 0.6 is 0 Å². The van der Waals surface area contributed by atoms with Crippen molar-refractivity contribution in [3.05, 3.63) is 59.7 Å². The van der Waals surface area contributed by atoms with Crippen molar-refractivity contribution in [2.75, 3.05) is 38.2 Å². The van der Waals surface area contributed by atoms with Crippen molar-refractivity contribution >= 4 is 11.7 Å². The number of methoxy groups -OCH3 is 1. The van der Waals surface area contributed by atoms with Gasteiger partial charge in [-0.25, -0.2) is 4.79 Å². The monoisotopic (exact) mass is 353 g/mol. The minimum absolute atomic E-state index is 0.00307. The quantitative estimate of drug-likeness (QED) is 0.913. The molecule has 1 saturated heterocycles. The van der Waals surface area contributed by atoms with Gasteiger partial charge < -0.3 is 19.9 Å². The first-order chi connectivity index (χ1) is 12.6. The number of carbonyl (C=O) groups excluding carboxylic acids is 1. The Hall–Kier alpha value is -2.69. The number of benzene rings is 2. The minimum atomic E-state index is 0.00307. The predicted molar refractivity (Wildman–Crippen MR) is 105 cm³/mol. The van der Waals surface area contributed by atoms with Crippen LogP contribution in [0.4, 0.5) is 10.5 Å². The van der Waals surface area contributed by atoms with Crippen LogP contribution in [0.15, 0.2) is 48.5 Å². The SMILES string of the molecule is COc1ccc(N2CCN(C(=O)NC(C)c3ccccc3C)CC2)cc1. The summed E-state index contributed by atoms with van der Waals surface area (Å²) in [5, 5.41) is 3.13. The van der Waals surface area contributed by atoms with E-state index >= 15 is 0 Å². The van der Waals surface area contributed by atoms with Crippen molar-refractivity contribution in [1.82, 2.24) is 10.2 Å². The van der Waals surface area contributed by atoms with Crippen molar-refractivity contribution in [3.63, 3.8) is 0 Å². The molecule has 1 aliphatic rings. The first-order valence-electron chi connectivity index (χ1n) is 9.08. The molecule has 5 heteroatoms. The molecule has 0 aromatic heterocycles. The molecule has 2 amide bonds. The zero-order valence-electron chi connectivity index (χ0n) is 15.7. The molecule has 1 atom stereocenters. The molecule has 1 heterocycles. The van der Waals surface area contributed by atoms with Gasteiger partial charge in [-0.05, 0) is 49.2 Å². The summed E-state index contributed by atoms with van der Waals surface area (Å²) < 4.78 is 5.21. The van der Waals surface area contributed by atoms with Crippen LogP contribution in [-0.4, -0.2) is 44.2 Å². The van der Waals surface area contributed by atoms with Crippen LogP contribution < -0.4 is 15.0 Å². The van der Waals surface area contributed by atoms with Gasteiger partial charge in [0.1, 0.15) is 5.75 Å². The minimum Gasteiger partial charge on any atom is -0.497 e. The molecule has 3 rings (SSSR count). The van der Waals surface area contributed by atoms with E-state index in [2.05, 4.69) is 41.4 Å². The summed E-state index contributed by atoms with van der Waals surface area (Å²) in [6, 6.07) is 16.3. The highest BCUT2D eigenvalue weighted by atomic mass is 16.5. The topological polar surface area (TPSA) is 44.8 Å². The van der Waals surface area contributed by atoms with Gasteiger partial charge >= 0.3 is 6.03 Å². The first kappa shape index (κ1) is 18.1. The highest BCUT2D eigenvalue weighted by Crippen LogP contribution is 2.21. The number of amides is 2. The van der Waals surface area contributed by atoms with Crippen molar-refractivity contribution in [2.24, 2.45) is 0 Å². The van der Waals surface area contributed by atoms with Gasteiger partial charge in [0.15, 0.2) is 0 Å². The van der Waals surface area contributed by atoms with E-state index in [9.17, 15) is 4.79 Å². The molecule has 0 bridgehead atoms. The summed E-state index contributed by atoms with van der Waals surface area (Å²) in [4.78, 5) is 16.8. The third-order valence-electron chi connectivity index (χ3n) is 5.00. The van der Waals surface area contributed by atoms with E-state index < -0.39 is 0 Å². The molecular weight excluding hydrogens is 326 g/mol. The maximum Gasteiger partial charge on any atom is 0.317 e. The third kappa shape index (κ3) is 4.10. The van der Waals surface area contributed by atoms with E-state index in [1.807, 2.05) is 36.1 Å². The van der Waals surface area contributed by atoms with Gasteiger partial charge in [0.2, 0.25) is 0 Å². The van der Waals surface area contributed by atoms with Gasteiger partial charge in [-0.2, -0.15) is 0 Å². The summed E-state index contributed by atoms with van der Waals surface area (Å²) in [5.41, 5.74) is 3.53. The second-order valence-electron chi connectivity index (χ2n) is 6.70. The molecule has 1 aliphatic heterocycles. The Morgan fingerprint density at radius 3 is 2.31 bits per heavy atom. The molecule has 1 unspecified atom stereocenters. The Kier molecular flexibility index (Phi) is 5.66. The molecule has 5 nitrogen and oxygen atoms in total. The lowest BCUT2D eigenvalue weighted by atomic mass is 10.0. The Balaban J connectivity index is 1.54. The lowest BCUT2D eigenvalue weighted by molar-refractivity contribution is 0.191. The van der Waals surface area contributed by atoms with Gasteiger partial charge in [0.25, 0.3) is 0 Å². The standard InChI is InChI=1S/C21H27N3O2/c1-16-6-4-5-7-20(16)17(2)22-21(25)24-14-12-23(13-15-24)18-8-10-19(26-3)11-9-18/h4-11,17H,12-15H2,1-3H3,(H,22,25). The molecule has 1 N–H and O–H groups in total. The van der Waals surface area contributed by atoms with E-state index in [0.717, 1.165) is 37.5 Å². The second kappa shape index (κ2) is 8.13. The molecule has 0 saturated carbocycles. The Morgan fingerprint density at radius 2 is 1.69 bits per heavy atom. The fourth-order valence-corrected chi connectivity index (χ4v) is 3.39. The molecule has 2 aromatic rings. The zero-order valence-corrected chi connectivity index (χ0v) is 15.7. The van der Waals surface area contributed by atoms with Crippen molar-refractivity contribution in [2.45, 2.75) is 19.9 Å². The van der Waals surface area contributed by atoms with Gasteiger partial charge in [-0.3, -0.25) is 0 Å². The van der Waals surface area contributed by atoms with Crippen molar-refractivity contribution in [1.29, 1.82) is 0 Å². The van der Waals surface area contributed by atoms with Gasteiger partial charge in [-0.15, -0.1) is 0 Å². The average molecular weight is 353 g/mol. The third-order valence-corrected chi connectivity index (χ3v) is 5.00. The molecule has 2 aromatic carbocycles. The van der Waals surface area contributed by atoms with Crippen LogP contribution in [0, 0.1) is 6.92 Å². The smallest absolute Gasteiger partial charge is 0.317 e. The summed E-state index contributed by atoms with van der Waals surface area (Å²) in [6.07, 6.45) is 0. The maximum atomic E-state index is 12.6. The van der Waals surface area contributed by atoms with E-state index in [-0.39, 0.29) is 12.1 Å². The number of piperazine rings is 1. The molecule has 26 heavy (non-hydrogen) atoms. The molecular formula is C21H27N3O2. The van der Waals surface area contributed by atoms with Crippen LogP contribution in [0.25, 0.3) is 0 Å². The Bertz CT molecular complexity index is 737. The molecule has 0 spiro atoms. The van der Waals surface area contributed by atoms with Crippen molar-refractivity contribution < 1.29 is 9.53 Å². The Labute approximate surface area is 155 Å². The number of hydrogen-bond donors (Lipinski definition) is 1. The molecule has 0 aliphatic carbocycles. The second-order valence-corrected chi connectivity index (χ2v) is 6.70. The van der Waals surface area contributed by atoms with E-state index in [0.29, 0.717) is 0 Å². The summed E-state index contributed by atoms with van der Waals surface area (Å²) in [5.74, 6) is 0.858. The van der Waals surface area contributed by atoms with Crippen LogP contribution in [0.1, 0.15) is 24.1 Å². The number of ether oxygens (including phenoxy) is 1. The maximum absolute atomic E-state index is 12.6. The summed E-state index contributed by atoms with van der Waals surface area (Å²) in [7, 11) is 1.67. The fourth-order valence-electron chi connectivity index (χ4n) is 3.39.